The van der Waals surface area contributed by atoms with E-state index >= 15 is 0 Å². The van der Waals surface area contributed by atoms with E-state index in [2.05, 4.69) is 5.32 Å². The molecule has 0 spiro atoms. The first kappa shape index (κ1) is 19.8. The molecule has 0 heterocycles. The Morgan fingerprint density at radius 1 is 1.19 bits per heavy atom. The van der Waals surface area contributed by atoms with Crippen molar-refractivity contribution in [3.05, 3.63) is 64.1 Å². The minimum absolute atomic E-state index is 0.0886. The number of halogens is 2. The van der Waals surface area contributed by atoms with Gasteiger partial charge in [-0.25, -0.2) is 0 Å². The van der Waals surface area contributed by atoms with Crippen LogP contribution < -0.4 is 10.1 Å². The zero-order chi connectivity index (χ0) is 19.1. The minimum atomic E-state index is -0.322. The molecule has 0 bridgehead atoms. The lowest BCUT2D eigenvalue weighted by atomic mass is 10.2. The van der Waals surface area contributed by atoms with Crippen LogP contribution in [0.4, 0.5) is 5.69 Å². The Balaban J connectivity index is 1.93. The zero-order valence-electron chi connectivity index (χ0n) is 14.3. The fourth-order valence-electron chi connectivity index (χ4n) is 2.12. The lowest BCUT2D eigenvalue weighted by molar-refractivity contribution is -0.129. The molecule has 0 saturated heterocycles. The van der Waals surface area contributed by atoms with E-state index < -0.39 is 0 Å². The summed E-state index contributed by atoms with van der Waals surface area (Å²) in [6.45, 7) is -0.0886. The SMILES string of the molecule is COc1cccc(NC(=O)CN(C)C(=O)/C=C\c2ccc(Cl)cc2Cl)c1. The molecule has 0 unspecified atom stereocenters. The van der Waals surface area contributed by atoms with Crippen LogP contribution in [0, 0.1) is 0 Å². The Morgan fingerprint density at radius 3 is 2.65 bits per heavy atom. The van der Waals surface area contributed by atoms with Gasteiger partial charge in [0.15, 0.2) is 0 Å². The van der Waals surface area contributed by atoms with E-state index in [0.717, 1.165) is 0 Å². The minimum Gasteiger partial charge on any atom is -0.497 e. The van der Waals surface area contributed by atoms with E-state index in [-0.39, 0.29) is 18.4 Å². The molecule has 7 heteroatoms. The Morgan fingerprint density at radius 2 is 1.96 bits per heavy atom. The number of methoxy groups -OCH3 is 1. The topological polar surface area (TPSA) is 58.6 Å². The maximum absolute atomic E-state index is 12.2. The van der Waals surface area contributed by atoms with Gasteiger partial charge in [-0.1, -0.05) is 35.3 Å². The number of anilines is 1. The van der Waals surface area contributed by atoms with Crippen LogP contribution in [0.5, 0.6) is 5.75 Å². The molecular formula is C19H18Cl2N2O3. The maximum Gasteiger partial charge on any atom is 0.246 e. The van der Waals surface area contributed by atoms with Gasteiger partial charge < -0.3 is 15.0 Å². The van der Waals surface area contributed by atoms with Crippen LogP contribution in [0.3, 0.4) is 0 Å². The van der Waals surface area contributed by atoms with Crippen molar-refractivity contribution < 1.29 is 14.3 Å². The van der Waals surface area contributed by atoms with Crippen LogP contribution in [0.25, 0.3) is 6.08 Å². The third-order valence-corrected chi connectivity index (χ3v) is 4.04. The van der Waals surface area contributed by atoms with Gasteiger partial charge in [0.1, 0.15) is 5.75 Å². The zero-order valence-corrected chi connectivity index (χ0v) is 15.8. The summed E-state index contributed by atoms with van der Waals surface area (Å²) in [5.74, 6) is -0.00107. The Bertz CT molecular complexity index is 837. The number of carbonyl (C=O) groups is 2. The van der Waals surface area contributed by atoms with Gasteiger partial charge in [-0.3, -0.25) is 9.59 Å². The van der Waals surface area contributed by atoms with Crippen molar-refractivity contribution in [2.24, 2.45) is 0 Å². The number of rotatable bonds is 6. The molecule has 0 atom stereocenters. The summed E-state index contributed by atoms with van der Waals surface area (Å²) in [7, 11) is 3.09. The van der Waals surface area contributed by atoms with Crippen molar-refractivity contribution in [3.8, 4) is 5.75 Å². The van der Waals surface area contributed by atoms with Gasteiger partial charge in [0.25, 0.3) is 0 Å². The summed E-state index contributed by atoms with van der Waals surface area (Å²) in [5, 5.41) is 3.68. The van der Waals surface area contributed by atoms with Crippen molar-refractivity contribution in [1.82, 2.24) is 4.90 Å². The molecule has 0 saturated carbocycles. The van der Waals surface area contributed by atoms with Crippen molar-refractivity contribution in [1.29, 1.82) is 0 Å². The van der Waals surface area contributed by atoms with Gasteiger partial charge in [0, 0.05) is 34.9 Å². The second-order valence-corrected chi connectivity index (χ2v) is 6.32. The summed E-state index contributed by atoms with van der Waals surface area (Å²) in [4.78, 5) is 25.5. The molecule has 0 aliphatic carbocycles. The third kappa shape index (κ3) is 5.79. The van der Waals surface area contributed by atoms with Gasteiger partial charge in [0.05, 0.1) is 13.7 Å². The van der Waals surface area contributed by atoms with Gasteiger partial charge in [-0.2, -0.15) is 0 Å². The highest BCUT2D eigenvalue weighted by Crippen LogP contribution is 2.22. The Kier molecular flexibility index (Phi) is 7.06. The van der Waals surface area contributed by atoms with Crippen molar-refractivity contribution >= 4 is 46.8 Å². The van der Waals surface area contributed by atoms with E-state index in [1.54, 1.807) is 62.7 Å². The van der Waals surface area contributed by atoms with Crippen molar-refractivity contribution in [2.45, 2.75) is 0 Å². The molecule has 2 amide bonds. The quantitative estimate of drug-likeness (QED) is 0.752. The van der Waals surface area contributed by atoms with Crippen LogP contribution in [0.15, 0.2) is 48.5 Å². The number of ether oxygens (including phenoxy) is 1. The highest BCUT2D eigenvalue weighted by atomic mass is 35.5. The van der Waals surface area contributed by atoms with Gasteiger partial charge in [-0.15, -0.1) is 0 Å². The van der Waals surface area contributed by atoms with Crippen LogP contribution in [-0.2, 0) is 9.59 Å². The maximum atomic E-state index is 12.2. The highest BCUT2D eigenvalue weighted by molar-refractivity contribution is 6.35. The fourth-order valence-corrected chi connectivity index (χ4v) is 2.59. The van der Waals surface area contributed by atoms with Gasteiger partial charge >= 0.3 is 0 Å². The average Bonchev–Trinajstić information content (AvgIpc) is 2.60. The molecule has 1 N–H and O–H groups in total. The van der Waals surface area contributed by atoms with E-state index in [1.807, 2.05) is 0 Å². The van der Waals surface area contributed by atoms with Gasteiger partial charge in [-0.05, 0) is 35.9 Å². The third-order valence-electron chi connectivity index (χ3n) is 3.48. The Hall–Kier alpha value is -2.50. The molecule has 2 aromatic carbocycles. The summed E-state index contributed by atoms with van der Waals surface area (Å²) >= 11 is 11.9. The number of carbonyl (C=O) groups excluding carboxylic acids is 2. The standard InChI is InChI=1S/C19H18Cl2N2O3/c1-23(12-18(24)22-15-4-3-5-16(11-15)26-2)19(25)9-7-13-6-8-14(20)10-17(13)21/h3-11H,12H2,1-2H3,(H,22,24)/b9-7-. The van der Waals surface area contributed by atoms with Gasteiger partial charge in [0.2, 0.25) is 11.8 Å². The molecule has 2 aromatic rings. The molecule has 0 aromatic heterocycles. The second-order valence-electron chi connectivity index (χ2n) is 5.47. The molecule has 26 heavy (non-hydrogen) atoms. The number of amides is 2. The van der Waals surface area contributed by atoms with Crippen molar-refractivity contribution in [2.75, 3.05) is 26.0 Å². The van der Waals surface area contributed by atoms with Crippen LogP contribution in [-0.4, -0.2) is 37.4 Å². The first-order valence-electron chi connectivity index (χ1n) is 7.71. The largest absolute Gasteiger partial charge is 0.497 e. The lowest BCUT2D eigenvalue weighted by Crippen LogP contribution is -2.33. The smallest absolute Gasteiger partial charge is 0.246 e. The highest BCUT2D eigenvalue weighted by Gasteiger charge is 2.11. The fraction of sp³-hybridized carbons (Fsp3) is 0.158. The van der Waals surface area contributed by atoms with Crippen molar-refractivity contribution in [3.63, 3.8) is 0 Å². The summed E-state index contributed by atoms with van der Waals surface area (Å²) in [6.07, 6.45) is 2.94. The molecule has 0 aliphatic rings. The van der Waals surface area contributed by atoms with E-state index in [1.165, 1.54) is 11.0 Å². The number of hydrogen-bond acceptors (Lipinski definition) is 3. The average molecular weight is 393 g/mol. The summed E-state index contributed by atoms with van der Waals surface area (Å²) in [6, 6.07) is 12.0. The normalized spacial score (nSPS) is 10.6. The van der Waals surface area contributed by atoms with E-state index in [4.69, 9.17) is 27.9 Å². The molecule has 0 aliphatic heterocycles. The molecular weight excluding hydrogens is 375 g/mol. The van der Waals surface area contributed by atoms with E-state index in [0.29, 0.717) is 27.0 Å². The molecule has 0 fully saturated rings. The molecule has 136 valence electrons. The van der Waals surface area contributed by atoms with Crippen LogP contribution >= 0.6 is 23.2 Å². The number of nitrogens with zero attached hydrogens (tertiary/aromatic N) is 1. The lowest BCUT2D eigenvalue weighted by Gasteiger charge is -2.15. The Labute approximate surface area is 162 Å². The number of hydrogen-bond donors (Lipinski definition) is 1. The number of nitrogens with one attached hydrogen (secondary N) is 1. The molecule has 5 nitrogen and oxygen atoms in total. The predicted molar refractivity (Wildman–Crippen MR) is 105 cm³/mol. The number of benzene rings is 2. The molecule has 0 radical (unpaired) electrons. The number of likely N-dealkylation sites (N-methyl/N-ethyl adjacent to an activating group) is 1. The predicted octanol–water partition coefficient (Wildman–Crippen LogP) is 4.11. The monoisotopic (exact) mass is 392 g/mol. The second kappa shape index (κ2) is 9.27. The van der Waals surface area contributed by atoms with E-state index in [9.17, 15) is 9.59 Å². The molecule has 2 rings (SSSR count). The first-order valence-corrected chi connectivity index (χ1v) is 8.47. The summed E-state index contributed by atoms with van der Waals surface area (Å²) in [5.41, 5.74) is 1.26. The first-order chi connectivity index (χ1) is 12.4. The van der Waals surface area contributed by atoms with Crippen LogP contribution in [0.2, 0.25) is 10.0 Å². The summed E-state index contributed by atoms with van der Waals surface area (Å²) < 4.78 is 5.10. The van der Waals surface area contributed by atoms with Crippen LogP contribution in [0.1, 0.15) is 5.56 Å².